The highest BCUT2D eigenvalue weighted by atomic mass is 79.9. The minimum absolute atomic E-state index is 0.0638. The van der Waals surface area contributed by atoms with Gasteiger partial charge >= 0.3 is 0 Å². The number of thiocarbonyl (C=S) groups is 1. The number of nitrogens with zero attached hydrogens (tertiary/aromatic N) is 2. The van der Waals surface area contributed by atoms with Crippen molar-refractivity contribution in [3.05, 3.63) is 62.6 Å². The second kappa shape index (κ2) is 10.4. The number of rotatable bonds is 8. The van der Waals surface area contributed by atoms with Gasteiger partial charge < -0.3 is 14.8 Å². The van der Waals surface area contributed by atoms with Gasteiger partial charge in [-0.25, -0.2) is 0 Å². The highest BCUT2D eigenvalue weighted by Gasteiger charge is 2.11. The lowest BCUT2D eigenvalue weighted by Crippen LogP contribution is -2.28. The zero-order chi connectivity index (χ0) is 19.6. The number of hydrazone groups is 1. The molecule has 10 heteroatoms. The molecule has 0 aromatic heterocycles. The first-order valence-corrected chi connectivity index (χ1v) is 9.00. The lowest BCUT2D eigenvalue weighted by atomic mass is 10.2. The van der Waals surface area contributed by atoms with Crippen molar-refractivity contribution in [1.82, 2.24) is 10.7 Å². The average molecular weight is 453 g/mol. The highest BCUT2D eigenvalue weighted by Crippen LogP contribution is 2.23. The molecular formula is C17H17BrN4O4S. The molecule has 0 amide bonds. The van der Waals surface area contributed by atoms with Crippen LogP contribution in [0, 0.1) is 10.1 Å². The van der Waals surface area contributed by atoms with Crippen LogP contribution in [-0.2, 0) is 0 Å². The second-order valence-corrected chi connectivity index (χ2v) is 6.40. The summed E-state index contributed by atoms with van der Waals surface area (Å²) >= 11 is 8.27. The van der Waals surface area contributed by atoms with Crippen LogP contribution < -0.4 is 20.2 Å². The van der Waals surface area contributed by atoms with Gasteiger partial charge in [-0.2, -0.15) is 5.10 Å². The van der Waals surface area contributed by atoms with Gasteiger partial charge in [0, 0.05) is 29.2 Å². The fraction of sp³-hybridized carbons (Fsp3) is 0.176. The molecule has 0 aliphatic carbocycles. The maximum absolute atomic E-state index is 11.0. The molecule has 0 atom stereocenters. The van der Waals surface area contributed by atoms with Crippen molar-refractivity contribution in [2.75, 3.05) is 20.3 Å². The van der Waals surface area contributed by atoms with Crippen molar-refractivity contribution in [2.45, 2.75) is 0 Å². The van der Waals surface area contributed by atoms with Crippen LogP contribution in [0.4, 0.5) is 5.69 Å². The molecule has 0 unspecified atom stereocenters. The van der Waals surface area contributed by atoms with Crippen molar-refractivity contribution < 1.29 is 14.4 Å². The van der Waals surface area contributed by atoms with Gasteiger partial charge in [0.1, 0.15) is 24.7 Å². The molecule has 2 aromatic carbocycles. The Hall–Kier alpha value is -2.72. The standard InChI is InChI=1S/C17H17BrN4O4S/c1-19-17(27)21-20-11-12-10-14(22(23)24)4-7-16(12)26-9-8-25-15-5-2-13(18)3-6-15/h2-7,10-11H,8-9H2,1H3,(H2,19,21,27)/b20-11-. The molecule has 2 aromatic rings. The molecule has 0 saturated carbocycles. The zero-order valence-corrected chi connectivity index (χ0v) is 16.7. The van der Waals surface area contributed by atoms with Gasteiger partial charge in [-0.1, -0.05) is 15.9 Å². The van der Waals surface area contributed by atoms with Gasteiger partial charge in [0.05, 0.1) is 11.1 Å². The second-order valence-electron chi connectivity index (χ2n) is 5.08. The predicted molar refractivity (Wildman–Crippen MR) is 111 cm³/mol. The average Bonchev–Trinajstić information content (AvgIpc) is 2.67. The van der Waals surface area contributed by atoms with Crippen LogP contribution in [0.15, 0.2) is 52.0 Å². The molecule has 0 bridgehead atoms. The molecule has 142 valence electrons. The Kier molecular flexibility index (Phi) is 7.96. The maximum Gasteiger partial charge on any atom is 0.270 e. The van der Waals surface area contributed by atoms with Crippen LogP contribution in [0.5, 0.6) is 11.5 Å². The van der Waals surface area contributed by atoms with Crippen LogP contribution in [0.1, 0.15) is 5.56 Å². The summed E-state index contributed by atoms with van der Waals surface area (Å²) in [5, 5.41) is 18.0. The number of non-ortho nitro benzene ring substituents is 1. The Morgan fingerprint density at radius 3 is 2.63 bits per heavy atom. The predicted octanol–water partition coefficient (Wildman–Crippen LogP) is 3.24. The fourth-order valence-corrected chi connectivity index (χ4v) is 2.26. The maximum atomic E-state index is 11.0. The van der Waals surface area contributed by atoms with Crippen LogP contribution in [0.3, 0.4) is 0 Å². The van der Waals surface area contributed by atoms with Gasteiger partial charge in [-0.05, 0) is 42.5 Å². The Morgan fingerprint density at radius 1 is 1.26 bits per heavy atom. The van der Waals surface area contributed by atoms with Gasteiger partial charge in [-0.15, -0.1) is 0 Å². The summed E-state index contributed by atoms with van der Waals surface area (Å²) in [4.78, 5) is 10.5. The first-order chi connectivity index (χ1) is 13.0. The zero-order valence-electron chi connectivity index (χ0n) is 14.3. The summed E-state index contributed by atoms with van der Waals surface area (Å²) in [5.41, 5.74) is 2.97. The van der Waals surface area contributed by atoms with E-state index >= 15 is 0 Å². The van der Waals surface area contributed by atoms with Gasteiger partial charge in [0.15, 0.2) is 5.11 Å². The van der Waals surface area contributed by atoms with E-state index in [1.54, 1.807) is 7.05 Å². The first kappa shape index (κ1) is 20.6. The van der Waals surface area contributed by atoms with Crippen molar-refractivity contribution in [3.8, 4) is 11.5 Å². The van der Waals surface area contributed by atoms with Crippen molar-refractivity contribution >= 4 is 45.2 Å². The third-order valence-electron chi connectivity index (χ3n) is 3.22. The van der Waals surface area contributed by atoms with E-state index in [-0.39, 0.29) is 12.3 Å². The number of benzene rings is 2. The van der Waals surface area contributed by atoms with Crippen LogP contribution in [0.2, 0.25) is 0 Å². The normalized spacial score (nSPS) is 10.4. The number of nitrogens with one attached hydrogen (secondary N) is 2. The summed E-state index contributed by atoms with van der Waals surface area (Å²) in [6, 6.07) is 11.7. The van der Waals surface area contributed by atoms with E-state index in [1.807, 2.05) is 24.3 Å². The number of nitro benzene ring substituents is 1. The highest BCUT2D eigenvalue weighted by molar-refractivity contribution is 9.10. The van der Waals surface area contributed by atoms with Crippen molar-refractivity contribution in [1.29, 1.82) is 0 Å². The fourth-order valence-electron chi connectivity index (χ4n) is 1.94. The molecule has 8 nitrogen and oxygen atoms in total. The van der Waals surface area contributed by atoms with E-state index < -0.39 is 4.92 Å². The lowest BCUT2D eigenvalue weighted by molar-refractivity contribution is -0.384. The summed E-state index contributed by atoms with van der Waals surface area (Å²) in [7, 11) is 1.65. The SMILES string of the molecule is CNC(=S)N/N=C\c1cc([N+](=O)[O-])ccc1OCCOc1ccc(Br)cc1. The monoisotopic (exact) mass is 452 g/mol. The van der Waals surface area contributed by atoms with Gasteiger partial charge in [0.2, 0.25) is 0 Å². The Morgan fingerprint density at radius 2 is 1.96 bits per heavy atom. The molecule has 2 rings (SSSR count). The van der Waals surface area contributed by atoms with Crippen LogP contribution in [0.25, 0.3) is 0 Å². The quantitative estimate of drug-likeness (QED) is 0.208. The van der Waals surface area contributed by atoms with Crippen LogP contribution in [-0.4, -0.2) is 36.5 Å². The summed E-state index contributed by atoms with van der Waals surface area (Å²) < 4.78 is 12.2. The number of hydrogen-bond acceptors (Lipinski definition) is 6. The molecule has 0 radical (unpaired) electrons. The van der Waals surface area contributed by atoms with Crippen LogP contribution >= 0.6 is 28.1 Å². The third-order valence-corrected chi connectivity index (χ3v) is 4.05. The molecule has 0 aliphatic rings. The van der Waals surface area contributed by atoms with Gasteiger partial charge in [-0.3, -0.25) is 15.5 Å². The van der Waals surface area contributed by atoms with Gasteiger partial charge in [0.25, 0.3) is 5.69 Å². The van der Waals surface area contributed by atoms with Crippen molar-refractivity contribution in [2.24, 2.45) is 5.10 Å². The largest absolute Gasteiger partial charge is 0.490 e. The minimum atomic E-state index is -0.483. The molecule has 27 heavy (non-hydrogen) atoms. The van der Waals surface area contributed by atoms with E-state index in [2.05, 4.69) is 31.8 Å². The van der Waals surface area contributed by atoms with E-state index in [1.165, 1.54) is 24.4 Å². The Labute approximate surface area is 169 Å². The van der Waals surface area contributed by atoms with E-state index in [9.17, 15) is 10.1 Å². The number of nitro groups is 1. The Bertz CT molecular complexity index is 830. The molecule has 2 N–H and O–H groups in total. The first-order valence-electron chi connectivity index (χ1n) is 7.80. The third kappa shape index (κ3) is 6.83. The molecule has 0 heterocycles. The topological polar surface area (TPSA) is 98.0 Å². The summed E-state index contributed by atoms with van der Waals surface area (Å²) in [6.45, 7) is 0.578. The van der Waals surface area contributed by atoms with E-state index in [0.29, 0.717) is 23.0 Å². The Balaban J connectivity index is 1.99. The lowest BCUT2D eigenvalue weighted by Gasteiger charge is -2.10. The summed E-state index contributed by atoms with van der Waals surface area (Å²) in [5.74, 6) is 1.16. The molecule has 0 fully saturated rings. The molecule has 0 spiro atoms. The minimum Gasteiger partial charge on any atom is -0.490 e. The van der Waals surface area contributed by atoms with E-state index in [4.69, 9.17) is 21.7 Å². The molecule has 0 saturated heterocycles. The van der Waals surface area contributed by atoms with E-state index in [0.717, 1.165) is 10.2 Å². The van der Waals surface area contributed by atoms with Crippen molar-refractivity contribution in [3.63, 3.8) is 0 Å². The number of halogens is 1. The molecular weight excluding hydrogens is 436 g/mol. The number of ether oxygens (including phenoxy) is 2. The summed E-state index contributed by atoms with van der Waals surface area (Å²) in [6.07, 6.45) is 1.40. The smallest absolute Gasteiger partial charge is 0.270 e. The number of hydrogen-bond donors (Lipinski definition) is 2. The molecule has 0 aliphatic heterocycles.